The summed E-state index contributed by atoms with van der Waals surface area (Å²) >= 11 is 0. The lowest BCUT2D eigenvalue weighted by Crippen LogP contribution is -2.34. The van der Waals surface area contributed by atoms with Crippen LogP contribution in [0.25, 0.3) is 6.08 Å². The molecule has 30 heavy (non-hydrogen) atoms. The summed E-state index contributed by atoms with van der Waals surface area (Å²) in [6, 6.07) is 23.7. The Morgan fingerprint density at radius 2 is 1.47 bits per heavy atom. The fourth-order valence-electron chi connectivity index (χ4n) is 2.68. The van der Waals surface area contributed by atoms with Crippen LogP contribution >= 0.6 is 0 Å². The minimum absolute atomic E-state index is 0.0699. The van der Waals surface area contributed by atoms with E-state index in [0.29, 0.717) is 6.54 Å². The molecule has 7 nitrogen and oxygen atoms in total. The maximum absolute atomic E-state index is 12.7. The Morgan fingerprint density at radius 1 is 0.867 bits per heavy atom. The van der Waals surface area contributed by atoms with Gasteiger partial charge in [0.1, 0.15) is 5.70 Å². The lowest BCUT2D eigenvalue weighted by atomic mass is 10.1. The standard InChI is InChI=1S/C23H19N3O4/c27-22(19-11-13-20(14-12-19)26(29)30)25-21(15-17-7-3-1-4-8-17)23(28)24-16-18-9-5-2-6-10-18/h1-15H,16H2,(H,24,28)(H,25,27). The van der Waals surface area contributed by atoms with Gasteiger partial charge in [0.2, 0.25) is 0 Å². The highest BCUT2D eigenvalue weighted by atomic mass is 16.6. The molecule has 0 bridgehead atoms. The van der Waals surface area contributed by atoms with E-state index in [1.165, 1.54) is 24.3 Å². The molecule has 0 radical (unpaired) electrons. The number of nitrogens with zero attached hydrogens (tertiary/aromatic N) is 1. The summed E-state index contributed by atoms with van der Waals surface area (Å²) in [5.74, 6) is -0.986. The van der Waals surface area contributed by atoms with Gasteiger partial charge in [-0.2, -0.15) is 0 Å². The number of carbonyl (C=O) groups is 2. The fourth-order valence-corrected chi connectivity index (χ4v) is 2.68. The molecule has 0 aliphatic carbocycles. The number of nitro benzene ring substituents is 1. The van der Waals surface area contributed by atoms with Crippen molar-refractivity contribution in [1.29, 1.82) is 0 Å². The molecular formula is C23H19N3O4. The zero-order valence-electron chi connectivity index (χ0n) is 15.9. The third-order valence-corrected chi connectivity index (χ3v) is 4.24. The molecule has 0 atom stereocenters. The molecule has 0 saturated carbocycles. The maximum atomic E-state index is 12.7. The van der Waals surface area contributed by atoms with Gasteiger partial charge in [0.25, 0.3) is 17.5 Å². The largest absolute Gasteiger partial charge is 0.347 e. The van der Waals surface area contributed by atoms with E-state index in [0.717, 1.165) is 11.1 Å². The Morgan fingerprint density at radius 3 is 2.07 bits per heavy atom. The van der Waals surface area contributed by atoms with Crippen LogP contribution in [0.15, 0.2) is 90.6 Å². The van der Waals surface area contributed by atoms with E-state index < -0.39 is 16.7 Å². The normalized spacial score (nSPS) is 10.9. The number of carbonyl (C=O) groups excluding carboxylic acids is 2. The molecule has 0 saturated heterocycles. The number of nitro groups is 1. The highest BCUT2D eigenvalue weighted by Gasteiger charge is 2.15. The van der Waals surface area contributed by atoms with Gasteiger partial charge in [-0.1, -0.05) is 60.7 Å². The monoisotopic (exact) mass is 401 g/mol. The van der Waals surface area contributed by atoms with Crippen molar-refractivity contribution in [1.82, 2.24) is 10.6 Å². The highest BCUT2D eigenvalue weighted by molar-refractivity contribution is 6.05. The van der Waals surface area contributed by atoms with Crippen molar-refractivity contribution in [3.05, 3.63) is 117 Å². The van der Waals surface area contributed by atoms with Gasteiger partial charge in [-0.05, 0) is 29.3 Å². The molecule has 0 fully saturated rings. The molecule has 2 amide bonds. The Labute approximate surface area is 173 Å². The van der Waals surface area contributed by atoms with Crippen molar-refractivity contribution in [2.24, 2.45) is 0 Å². The summed E-state index contributed by atoms with van der Waals surface area (Å²) in [4.78, 5) is 35.6. The first-order valence-electron chi connectivity index (χ1n) is 9.17. The first kappa shape index (κ1) is 20.5. The van der Waals surface area contributed by atoms with Crippen molar-refractivity contribution in [3.63, 3.8) is 0 Å². The van der Waals surface area contributed by atoms with Crippen molar-refractivity contribution in [3.8, 4) is 0 Å². The molecule has 7 heteroatoms. The van der Waals surface area contributed by atoms with Crippen LogP contribution in [0.2, 0.25) is 0 Å². The van der Waals surface area contributed by atoms with E-state index in [4.69, 9.17) is 0 Å². The van der Waals surface area contributed by atoms with Crippen LogP contribution < -0.4 is 10.6 Å². The predicted octanol–water partition coefficient (Wildman–Crippen LogP) is 3.68. The van der Waals surface area contributed by atoms with E-state index in [9.17, 15) is 19.7 Å². The number of hydrogen-bond acceptors (Lipinski definition) is 4. The van der Waals surface area contributed by atoms with Crippen molar-refractivity contribution in [2.45, 2.75) is 6.54 Å². The van der Waals surface area contributed by atoms with Gasteiger partial charge in [-0.25, -0.2) is 0 Å². The average Bonchev–Trinajstić information content (AvgIpc) is 2.78. The minimum Gasteiger partial charge on any atom is -0.347 e. The summed E-state index contributed by atoms with van der Waals surface area (Å²) in [5, 5.41) is 16.2. The summed E-state index contributed by atoms with van der Waals surface area (Å²) in [5.41, 5.74) is 1.82. The molecular weight excluding hydrogens is 382 g/mol. The van der Waals surface area contributed by atoms with Gasteiger partial charge in [0, 0.05) is 24.2 Å². The van der Waals surface area contributed by atoms with Gasteiger partial charge in [-0.3, -0.25) is 19.7 Å². The molecule has 0 unspecified atom stereocenters. The first-order chi connectivity index (χ1) is 14.5. The molecule has 0 heterocycles. The molecule has 0 spiro atoms. The second kappa shape index (κ2) is 9.79. The summed E-state index contributed by atoms with van der Waals surface area (Å²) in [6.07, 6.45) is 1.57. The van der Waals surface area contributed by atoms with E-state index in [2.05, 4.69) is 10.6 Å². The SMILES string of the molecule is O=C(NCc1ccccc1)C(=Cc1ccccc1)NC(=O)c1ccc([N+](=O)[O-])cc1. The molecule has 0 aromatic heterocycles. The number of hydrogen-bond donors (Lipinski definition) is 2. The topological polar surface area (TPSA) is 101 Å². The van der Waals surface area contributed by atoms with E-state index in [-0.39, 0.29) is 16.9 Å². The van der Waals surface area contributed by atoms with Gasteiger partial charge in [-0.15, -0.1) is 0 Å². The first-order valence-corrected chi connectivity index (χ1v) is 9.17. The summed E-state index contributed by atoms with van der Waals surface area (Å²) in [7, 11) is 0. The minimum atomic E-state index is -0.542. The number of amides is 2. The number of rotatable bonds is 7. The molecule has 0 aliphatic rings. The Balaban J connectivity index is 1.78. The molecule has 0 aliphatic heterocycles. The van der Waals surface area contributed by atoms with Crippen LogP contribution in [0.1, 0.15) is 21.5 Å². The predicted molar refractivity (Wildman–Crippen MR) is 113 cm³/mol. The fraction of sp³-hybridized carbons (Fsp3) is 0.0435. The van der Waals surface area contributed by atoms with Crippen LogP contribution in [0.4, 0.5) is 5.69 Å². The van der Waals surface area contributed by atoms with Crippen molar-refractivity contribution in [2.75, 3.05) is 0 Å². The highest BCUT2D eigenvalue weighted by Crippen LogP contribution is 2.13. The number of benzene rings is 3. The summed E-state index contributed by atoms with van der Waals surface area (Å²) in [6.45, 7) is 0.305. The lowest BCUT2D eigenvalue weighted by Gasteiger charge is -2.11. The van der Waals surface area contributed by atoms with Crippen LogP contribution in [-0.4, -0.2) is 16.7 Å². The smallest absolute Gasteiger partial charge is 0.269 e. The molecule has 3 aromatic rings. The van der Waals surface area contributed by atoms with E-state index >= 15 is 0 Å². The quantitative estimate of drug-likeness (QED) is 0.358. The van der Waals surface area contributed by atoms with Gasteiger partial charge < -0.3 is 10.6 Å². The Bertz CT molecular complexity index is 1060. The molecule has 150 valence electrons. The van der Waals surface area contributed by atoms with Crippen LogP contribution in [0, 0.1) is 10.1 Å². The lowest BCUT2D eigenvalue weighted by molar-refractivity contribution is -0.384. The Hall–Kier alpha value is -4.26. The molecule has 3 aromatic carbocycles. The van der Waals surface area contributed by atoms with E-state index in [1.54, 1.807) is 6.08 Å². The second-order valence-corrected chi connectivity index (χ2v) is 6.40. The second-order valence-electron chi connectivity index (χ2n) is 6.40. The maximum Gasteiger partial charge on any atom is 0.269 e. The third kappa shape index (κ3) is 5.62. The van der Waals surface area contributed by atoms with Gasteiger partial charge in [0.05, 0.1) is 4.92 Å². The Kier molecular flexibility index (Phi) is 6.68. The van der Waals surface area contributed by atoms with Crippen molar-refractivity contribution < 1.29 is 14.5 Å². The zero-order chi connectivity index (χ0) is 21.3. The van der Waals surface area contributed by atoms with Gasteiger partial charge >= 0.3 is 0 Å². The van der Waals surface area contributed by atoms with Crippen molar-refractivity contribution >= 4 is 23.6 Å². The third-order valence-electron chi connectivity index (χ3n) is 4.24. The molecule has 3 rings (SSSR count). The van der Waals surface area contributed by atoms with Crippen LogP contribution in [0.5, 0.6) is 0 Å². The van der Waals surface area contributed by atoms with E-state index in [1.807, 2.05) is 60.7 Å². The van der Waals surface area contributed by atoms with Gasteiger partial charge in [0.15, 0.2) is 0 Å². The van der Waals surface area contributed by atoms with Crippen LogP contribution in [-0.2, 0) is 11.3 Å². The zero-order valence-corrected chi connectivity index (χ0v) is 15.9. The average molecular weight is 401 g/mol. The molecule has 2 N–H and O–H groups in total. The van der Waals surface area contributed by atoms with Crippen LogP contribution in [0.3, 0.4) is 0 Å². The number of non-ortho nitro benzene ring substituents is 1. The summed E-state index contributed by atoms with van der Waals surface area (Å²) < 4.78 is 0. The number of nitrogens with one attached hydrogen (secondary N) is 2.